The van der Waals surface area contributed by atoms with Crippen molar-refractivity contribution in [2.75, 3.05) is 7.11 Å². The number of halogens is 2. The second kappa shape index (κ2) is 6.59. The zero-order valence-corrected chi connectivity index (χ0v) is 12.2. The van der Waals surface area contributed by atoms with Gasteiger partial charge in [-0.3, -0.25) is 9.78 Å². The standard InChI is InChI=1S/C14H12Cl2N2O2/c1-20-9-5-6-17-13(7-9)14(19)18-8-10-11(15)3-2-4-12(10)16/h2-7H,8H2,1H3,(H,18,19). The summed E-state index contributed by atoms with van der Waals surface area (Å²) in [6.45, 7) is 0.232. The number of methoxy groups -OCH3 is 1. The Morgan fingerprint density at radius 1 is 1.30 bits per heavy atom. The molecule has 6 heteroatoms. The molecule has 0 fully saturated rings. The molecule has 0 aliphatic carbocycles. The Morgan fingerprint density at radius 2 is 2.00 bits per heavy atom. The molecule has 0 saturated carbocycles. The lowest BCUT2D eigenvalue weighted by molar-refractivity contribution is 0.0945. The Hall–Kier alpha value is -1.78. The lowest BCUT2D eigenvalue weighted by Gasteiger charge is -2.09. The van der Waals surface area contributed by atoms with Crippen molar-refractivity contribution in [2.45, 2.75) is 6.54 Å². The van der Waals surface area contributed by atoms with Crippen LogP contribution in [0, 0.1) is 0 Å². The molecule has 1 aromatic heterocycles. The first kappa shape index (κ1) is 14.6. The lowest BCUT2D eigenvalue weighted by Crippen LogP contribution is -2.24. The van der Waals surface area contributed by atoms with Crippen LogP contribution in [-0.4, -0.2) is 18.0 Å². The van der Waals surface area contributed by atoms with Gasteiger partial charge >= 0.3 is 0 Å². The summed E-state index contributed by atoms with van der Waals surface area (Å²) in [5, 5.41) is 3.74. The average Bonchev–Trinajstić information content (AvgIpc) is 2.46. The molecule has 0 bridgehead atoms. The number of aromatic nitrogens is 1. The van der Waals surface area contributed by atoms with Gasteiger partial charge in [0.15, 0.2) is 0 Å². The Kier molecular flexibility index (Phi) is 4.82. The summed E-state index contributed by atoms with van der Waals surface area (Å²) in [7, 11) is 1.53. The molecule has 0 aliphatic rings. The van der Waals surface area contributed by atoms with Crippen LogP contribution in [-0.2, 0) is 6.54 Å². The minimum absolute atomic E-state index is 0.232. The highest BCUT2D eigenvalue weighted by molar-refractivity contribution is 6.36. The molecule has 4 nitrogen and oxygen atoms in total. The normalized spacial score (nSPS) is 10.2. The molecule has 1 aromatic carbocycles. The van der Waals surface area contributed by atoms with E-state index >= 15 is 0 Å². The first-order valence-corrected chi connectivity index (χ1v) is 6.58. The molecule has 0 aliphatic heterocycles. The van der Waals surface area contributed by atoms with E-state index in [0.717, 1.165) is 0 Å². The van der Waals surface area contributed by atoms with Gasteiger partial charge in [0.05, 0.1) is 7.11 Å². The summed E-state index contributed by atoms with van der Waals surface area (Å²) in [5.74, 6) is 0.251. The third kappa shape index (κ3) is 3.40. The number of hydrogen-bond acceptors (Lipinski definition) is 3. The van der Waals surface area contributed by atoms with Crippen molar-refractivity contribution in [3.8, 4) is 5.75 Å². The highest BCUT2D eigenvalue weighted by atomic mass is 35.5. The Labute approximate surface area is 126 Å². The molecular weight excluding hydrogens is 299 g/mol. The lowest BCUT2D eigenvalue weighted by atomic mass is 10.2. The number of benzene rings is 1. The number of pyridine rings is 1. The van der Waals surface area contributed by atoms with Gasteiger partial charge in [-0.2, -0.15) is 0 Å². The number of ether oxygens (including phenoxy) is 1. The predicted octanol–water partition coefficient (Wildman–Crippen LogP) is 3.33. The van der Waals surface area contributed by atoms with Crippen molar-refractivity contribution in [3.05, 3.63) is 57.8 Å². The Bertz CT molecular complexity index is 612. The highest BCUT2D eigenvalue weighted by Crippen LogP contribution is 2.24. The second-order valence-corrected chi connectivity index (χ2v) is 4.78. The molecule has 0 atom stereocenters. The third-order valence-corrected chi connectivity index (χ3v) is 3.40. The smallest absolute Gasteiger partial charge is 0.270 e. The van der Waals surface area contributed by atoms with Crippen LogP contribution in [0.25, 0.3) is 0 Å². The van der Waals surface area contributed by atoms with Crippen LogP contribution in [0.15, 0.2) is 36.5 Å². The van der Waals surface area contributed by atoms with Crippen LogP contribution in [0.1, 0.15) is 16.1 Å². The van der Waals surface area contributed by atoms with Gasteiger partial charge in [0.2, 0.25) is 0 Å². The molecule has 2 rings (SSSR count). The fourth-order valence-electron chi connectivity index (χ4n) is 1.62. The molecule has 0 saturated heterocycles. The molecule has 0 radical (unpaired) electrons. The van der Waals surface area contributed by atoms with E-state index in [0.29, 0.717) is 21.4 Å². The number of carbonyl (C=O) groups excluding carboxylic acids is 1. The van der Waals surface area contributed by atoms with Crippen molar-refractivity contribution >= 4 is 29.1 Å². The summed E-state index contributed by atoms with van der Waals surface area (Å²) in [5.41, 5.74) is 0.944. The number of hydrogen-bond donors (Lipinski definition) is 1. The van der Waals surface area contributed by atoms with Crippen LogP contribution in [0.4, 0.5) is 0 Å². The Balaban J connectivity index is 2.09. The SMILES string of the molecule is COc1ccnc(C(=O)NCc2c(Cl)cccc2Cl)c1. The molecule has 2 aromatic rings. The van der Waals surface area contributed by atoms with E-state index in [4.69, 9.17) is 27.9 Å². The van der Waals surface area contributed by atoms with Crippen molar-refractivity contribution in [3.63, 3.8) is 0 Å². The van der Waals surface area contributed by atoms with E-state index in [9.17, 15) is 4.79 Å². The van der Waals surface area contributed by atoms with E-state index in [1.54, 1.807) is 30.3 Å². The molecule has 1 N–H and O–H groups in total. The quantitative estimate of drug-likeness (QED) is 0.942. The maximum absolute atomic E-state index is 12.0. The molecule has 104 valence electrons. The molecule has 0 unspecified atom stereocenters. The molecular formula is C14H12Cl2N2O2. The average molecular weight is 311 g/mol. The number of rotatable bonds is 4. The van der Waals surface area contributed by atoms with Crippen LogP contribution < -0.4 is 10.1 Å². The second-order valence-electron chi connectivity index (χ2n) is 3.96. The van der Waals surface area contributed by atoms with E-state index < -0.39 is 0 Å². The largest absolute Gasteiger partial charge is 0.497 e. The molecule has 20 heavy (non-hydrogen) atoms. The fraction of sp³-hybridized carbons (Fsp3) is 0.143. The number of amides is 1. The fourth-order valence-corrected chi connectivity index (χ4v) is 2.15. The van der Waals surface area contributed by atoms with Gasteiger partial charge in [-0.15, -0.1) is 0 Å². The van der Waals surface area contributed by atoms with Gasteiger partial charge in [-0.1, -0.05) is 29.3 Å². The van der Waals surface area contributed by atoms with Crippen molar-refractivity contribution in [1.82, 2.24) is 10.3 Å². The minimum Gasteiger partial charge on any atom is -0.497 e. The maximum atomic E-state index is 12.0. The topological polar surface area (TPSA) is 51.2 Å². The van der Waals surface area contributed by atoms with Gasteiger partial charge in [0.25, 0.3) is 5.91 Å². The number of nitrogens with zero attached hydrogens (tertiary/aromatic N) is 1. The van der Waals surface area contributed by atoms with E-state index in [1.807, 2.05) is 0 Å². The first-order chi connectivity index (χ1) is 9.61. The molecule has 0 spiro atoms. The van der Waals surface area contributed by atoms with Gasteiger partial charge < -0.3 is 10.1 Å². The molecule has 1 amide bonds. The van der Waals surface area contributed by atoms with Crippen LogP contribution in [0.2, 0.25) is 10.0 Å². The highest BCUT2D eigenvalue weighted by Gasteiger charge is 2.11. The van der Waals surface area contributed by atoms with E-state index in [-0.39, 0.29) is 18.1 Å². The summed E-state index contributed by atoms with van der Waals surface area (Å²) in [4.78, 5) is 16.0. The van der Waals surface area contributed by atoms with Crippen molar-refractivity contribution in [2.24, 2.45) is 0 Å². The summed E-state index contributed by atoms with van der Waals surface area (Å²) < 4.78 is 5.04. The van der Waals surface area contributed by atoms with Crippen LogP contribution in [0.3, 0.4) is 0 Å². The van der Waals surface area contributed by atoms with Gasteiger partial charge in [0, 0.05) is 34.4 Å². The van der Waals surface area contributed by atoms with Crippen molar-refractivity contribution in [1.29, 1.82) is 0 Å². The summed E-state index contributed by atoms with van der Waals surface area (Å²) >= 11 is 12.1. The minimum atomic E-state index is -0.320. The summed E-state index contributed by atoms with van der Waals surface area (Å²) in [6.07, 6.45) is 1.51. The Morgan fingerprint density at radius 3 is 2.65 bits per heavy atom. The van der Waals surface area contributed by atoms with Crippen LogP contribution >= 0.6 is 23.2 Å². The summed E-state index contributed by atoms with van der Waals surface area (Å²) in [6, 6.07) is 8.42. The number of nitrogens with one attached hydrogen (secondary N) is 1. The maximum Gasteiger partial charge on any atom is 0.270 e. The van der Waals surface area contributed by atoms with Gasteiger partial charge in [-0.05, 0) is 18.2 Å². The van der Waals surface area contributed by atoms with E-state index in [1.165, 1.54) is 13.3 Å². The monoisotopic (exact) mass is 310 g/mol. The van der Waals surface area contributed by atoms with Crippen molar-refractivity contribution < 1.29 is 9.53 Å². The third-order valence-electron chi connectivity index (χ3n) is 2.69. The van der Waals surface area contributed by atoms with E-state index in [2.05, 4.69) is 10.3 Å². The zero-order valence-electron chi connectivity index (χ0n) is 10.7. The number of carbonyl (C=O) groups is 1. The predicted molar refractivity (Wildman–Crippen MR) is 78.4 cm³/mol. The molecule has 1 heterocycles. The van der Waals surface area contributed by atoms with Crippen LogP contribution in [0.5, 0.6) is 5.75 Å². The van der Waals surface area contributed by atoms with Gasteiger partial charge in [-0.25, -0.2) is 0 Å². The van der Waals surface area contributed by atoms with Gasteiger partial charge in [0.1, 0.15) is 11.4 Å². The zero-order chi connectivity index (χ0) is 14.5. The first-order valence-electron chi connectivity index (χ1n) is 5.83.